The molecule has 0 saturated carbocycles. The number of carbonyl (C=O) groups is 1. The average Bonchev–Trinajstić information content (AvgIpc) is 2.60. The highest BCUT2D eigenvalue weighted by molar-refractivity contribution is 5.89. The minimum atomic E-state index is -0.261. The van der Waals surface area contributed by atoms with Crippen LogP contribution in [0.3, 0.4) is 0 Å². The first kappa shape index (κ1) is 19.6. The van der Waals surface area contributed by atoms with Crippen molar-refractivity contribution < 1.29 is 14.3 Å². The molecule has 0 aliphatic carbocycles. The first-order valence-corrected chi connectivity index (χ1v) is 8.99. The molecule has 0 aliphatic heterocycles. The maximum Gasteiger partial charge on any atom is 0.319 e. The predicted octanol–water partition coefficient (Wildman–Crippen LogP) is 4.80. The van der Waals surface area contributed by atoms with E-state index in [1.54, 1.807) is 0 Å². The van der Waals surface area contributed by atoms with E-state index >= 15 is 0 Å². The maximum absolute atomic E-state index is 12.0. The van der Waals surface area contributed by atoms with Gasteiger partial charge in [-0.3, -0.25) is 0 Å². The van der Waals surface area contributed by atoms with Crippen molar-refractivity contribution in [1.29, 1.82) is 0 Å². The Labute approximate surface area is 155 Å². The van der Waals surface area contributed by atoms with E-state index in [0.29, 0.717) is 24.8 Å². The SMILES string of the molecule is CC(C)Oc1ccc(NC(=O)NCCOc2ccccc2C(C)C)cc1. The lowest BCUT2D eigenvalue weighted by Gasteiger charge is -2.14. The molecule has 2 aromatic carbocycles. The van der Waals surface area contributed by atoms with Crippen LogP contribution in [0.25, 0.3) is 0 Å². The molecule has 5 nitrogen and oxygen atoms in total. The topological polar surface area (TPSA) is 59.6 Å². The Morgan fingerprint density at radius 2 is 1.69 bits per heavy atom. The van der Waals surface area contributed by atoms with E-state index in [1.807, 2.05) is 56.3 Å². The van der Waals surface area contributed by atoms with E-state index in [0.717, 1.165) is 11.5 Å². The number of nitrogens with one attached hydrogen (secondary N) is 2. The number of hydrogen-bond acceptors (Lipinski definition) is 3. The Bertz CT molecular complexity index is 697. The zero-order chi connectivity index (χ0) is 18.9. The third kappa shape index (κ3) is 6.31. The lowest BCUT2D eigenvalue weighted by molar-refractivity contribution is 0.242. The molecule has 2 rings (SSSR count). The molecule has 140 valence electrons. The van der Waals surface area contributed by atoms with Crippen LogP contribution in [0.1, 0.15) is 39.2 Å². The number of carbonyl (C=O) groups excluding carboxylic acids is 1. The standard InChI is InChI=1S/C21H28N2O3/c1-15(2)19-7-5-6-8-20(19)25-14-13-22-21(24)23-17-9-11-18(12-10-17)26-16(3)4/h5-12,15-16H,13-14H2,1-4H3,(H2,22,23,24). The zero-order valence-electron chi connectivity index (χ0n) is 15.9. The molecule has 0 fully saturated rings. The van der Waals surface area contributed by atoms with Gasteiger partial charge in [-0.15, -0.1) is 0 Å². The predicted molar refractivity (Wildman–Crippen MR) is 105 cm³/mol. The Balaban J connectivity index is 1.74. The summed E-state index contributed by atoms with van der Waals surface area (Å²) in [7, 11) is 0. The van der Waals surface area contributed by atoms with Gasteiger partial charge in [0.05, 0.1) is 12.6 Å². The highest BCUT2D eigenvalue weighted by Crippen LogP contribution is 2.25. The van der Waals surface area contributed by atoms with Crippen molar-refractivity contribution in [3.63, 3.8) is 0 Å². The summed E-state index contributed by atoms with van der Waals surface area (Å²) in [6.07, 6.45) is 0.123. The minimum absolute atomic E-state index is 0.123. The molecule has 5 heteroatoms. The Kier molecular flexibility index (Phi) is 7.33. The second-order valence-electron chi connectivity index (χ2n) is 6.61. The van der Waals surface area contributed by atoms with E-state index in [-0.39, 0.29) is 12.1 Å². The fourth-order valence-corrected chi connectivity index (χ4v) is 2.48. The van der Waals surface area contributed by atoms with Gasteiger partial charge >= 0.3 is 6.03 Å². The van der Waals surface area contributed by atoms with Crippen LogP contribution in [0.4, 0.5) is 10.5 Å². The number of ether oxygens (including phenoxy) is 2. The van der Waals surface area contributed by atoms with Crippen LogP contribution in [-0.4, -0.2) is 25.3 Å². The van der Waals surface area contributed by atoms with Crippen LogP contribution < -0.4 is 20.1 Å². The van der Waals surface area contributed by atoms with E-state index in [4.69, 9.17) is 9.47 Å². The highest BCUT2D eigenvalue weighted by atomic mass is 16.5. The second kappa shape index (κ2) is 9.70. The maximum atomic E-state index is 12.0. The normalized spacial score (nSPS) is 10.7. The molecule has 0 bridgehead atoms. The number of rotatable bonds is 8. The van der Waals surface area contributed by atoms with Crippen LogP contribution >= 0.6 is 0 Å². The smallest absolute Gasteiger partial charge is 0.319 e. The van der Waals surface area contributed by atoms with Gasteiger partial charge < -0.3 is 20.1 Å². The van der Waals surface area contributed by atoms with Crippen LogP contribution in [0, 0.1) is 0 Å². The number of para-hydroxylation sites is 1. The molecule has 0 atom stereocenters. The number of amides is 2. The van der Waals surface area contributed by atoms with Gasteiger partial charge in [-0.05, 0) is 55.7 Å². The fourth-order valence-electron chi connectivity index (χ4n) is 2.48. The van der Waals surface area contributed by atoms with E-state index in [1.165, 1.54) is 5.56 Å². The summed E-state index contributed by atoms with van der Waals surface area (Å²) in [5.41, 5.74) is 1.88. The number of urea groups is 1. The van der Waals surface area contributed by atoms with Crippen molar-refractivity contribution in [2.45, 2.75) is 39.7 Å². The van der Waals surface area contributed by atoms with Gasteiger partial charge in [-0.2, -0.15) is 0 Å². The first-order chi connectivity index (χ1) is 12.5. The Morgan fingerprint density at radius 3 is 2.35 bits per heavy atom. The van der Waals surface area contributed by atoms with Gasteiger partial charge in [0.15, 0.2) is 0 Å². The number of benzene rings is 2. The lowest BCUT2D eigenvalue weighted by Crippen LogP contribution is -2.32. The number of hydrogen-bond donors (Lipinski definition) is 2. The van der Waals surface area contributed by atoms with E-state index in [9.17, 15) is 4.79 Å². The second-order valence-corrected chi connectivity index (χ2v) is 6.61. The summed E-state index contributed by atoms with van der Waals surface area (Å²) in [5, 5.41) is 5.58. The van der Waals surface area contributed by atoms with Crippen molar-refractivity contribution in [3.05, 3.63) is 54.1 Å². The third-order valence-corrected chi connectivity index (χ3v) is 3.67. The van der Waals surface area contributed by atoms with Gasteiger partial charge in [-0.25, -0.2) is 4.79 Å². The van der Waals surface area contributed by atoms with Gasteiger partial charge in [0.1, 0.15) is 18.1 Å². The van der Waals surface area contributed by atoms with Crippen molar-refractivity contribution in [2.75, 3.05) is 18.5 Å². The molecular weight excluding hydrogens is 328 g/mol. The Hall–Kier alpha value is -2.69. The van der Waals surface area contributed by atoms with E-state index < -0.39 is 0 Å². The third-order valence-electron chi connectivity index (χ3n) is 3.67. The van der Waals surface area contributed by atoms with Crippen molar-refractivity contribution in [3.8, 4) is 11.5 Å². The molecule has 2 N–H and O–H groups in total. The summed E-state index contributed by atoms with van der Waals surface area (Å²) < 4.78 is 11.4. The molecule has 2 amide bonds. The highest BCUT2D eigenvalue weighted by Gasteiger charge is 2.07. The summed E-state index contributed by atoms with van der Waals surface area (Å²) in [5.74, 6) is 2.04. The molecule has 0 aliphatic rings. The van der Waals surface area contributed by atoms with Gasteiger partial charge in [0.2, 0.25) is 0 Å². The largest absolute Gasteiger partial charge is 0.491 e. The summed E-state index contributed by atoms with van der Waals surface area (Å²) >= 11 is 0. The van der Waals surface area contributed by atoms with Crippen molar-refractivity contribution in [1.82, 2.24) is 5.32 Å². The quantitative estimate of drug-likeness (QED) is 0.668. The number of anilines is 1. The minimum Gasteiger partial charge on any atom is -0.491 e. The van der Waals surface area contributed by atoms with Crippen LogP contribution in [-0.2, 0) is 0 Å². The molecule has 26 heavy (non-hydrogen) atoms. The molecule has 0 spiro atoms. The average molecular weight is 356 g/mol. The summed E-state index contributed by atoms with van der Waals surface area (Å²) in [6.45, 7) is 9.05. The van der Waals surface area contributed by atoms with Crippen LogP contribution in [0.2, 0.25) is 0 Å². The first-order valence-electron chi connectivity index (χ1n) is 8.99. The molecule has 2 aromatic rings. The monoisotopic (exact) mass is 356 g/mol. The molecule has 0 saturated heterocycles. The van der Waals surface area contributed by atoms with Crippen molar-refractivity contribution in [2.24, 2.45) is 0 Å². The summed E-state index contributed by atoms with van der Waals surface area (Å²) in [4.78, 5) is 12.0. The van der Waals surface area contributed by atoms with E-state index in [2.05, 4.69) is 30.5 Å². The van der Waals surface area contributed by atoms with Gasteiger partial charge in [-0.1, -0.05) is 32.0 Å². The molecule has 0 unspecified atom stereocenters. The van der Waals surface area contributed by atoms with Crippen molar-refractivity contribution >= 4 is 11.7 Å². The van der Waals surface area contributed by atoms with Gasteiger partial charge in [0.25, 0.3) is 0 Å². The molecule has 0 heterocycles. The van der Waals surface area contributed by atoms with Crippen LogP contribution in [0.15, 0.2) is 48.5 Å². The van der Waals surface area contributed by atoms with Crippen LogP contribution in [0.5, 0.6) is 11.5 Å². The molecule has 0 aromatic heterocycles. The molecule has 0 radical (unpaired) electrons. The zero-order valence-corrected chi connectivity index (χ0v) is 15.9. The summed E-state index contributed by atoms with van der Waals surface area (Å²) in [6, 6.07) is 15.0. The molecular formula is C21H28N2O3. The Morgan fingerprint density at radius 1 is 1.00 bits per heavy atom. The fraction of sp³-hybridized carbons (Fsp3) is 0.381. The lowest BCUT2D eigenvalue weighted by atomic mass is 10.0. The van der Waals surface area contributed by atoms with Gasteiger partial charge in [0, 0.05) is 5.69 Å².